The van der Waals surface area contributed by atoms with Crippen LogP contribution in [-0.2, 0) is 0 Å². The molecule has 0 unspecified atom stereocenters. The second-order valence-corrected chi connectivity index (χ2v) is 3.81. The molecule has 86 valence electrons. The Morgan fingerprint density at radius 2 is 2.25 bits per heavy atom. The van der Waals surface area contributed by atoms with Gasteiger partial charge in [-0.25, -0.2) is 4.39 Å². The average Bonchev–Trinajstić information content (AvgIpc) is 2.25. The maximum Gasteiger partial charge on any atom is 0.141 e. The van der Waals surface area contributed by atoms with E-state index in [4.69, 9.17) is 16.8 Å². The summed E-state index contributed by atoms with van der Waals surface area (Å²) in [5.41, 5.74) is 2.20. The van der Waals surface area contributed by atoms with E-state index in [0.29, 0.717) is 12.1 Å². The Morgan fingerprint density at radius 1 is 1.56 bits per heavy atom. The third-order valence-electron chi connectivity index (χ3n) is 2.24. The van der Waals surface area contributed by atoms with Crippen molar-refractivity contribution in [3.05, 3.63) is 40.2 Å². The summed E-state index contributed by atoms with van der Waals surface area (Å²) >= 11 is 5.66. The number of hydrogen-bond donors (Lipinski definition) is 1. The van der Waals surface area contributed by atoms with Gasteiger partial charge in [-0.1, -0.05) is 35.8 Å². The fourth-order valence-electron chi connectivity index (χ4n) is 1.36. The smallest absolute Gasteiger partial charge is 0.141 e. The molecule has 4 heteroatoms. The minimum atomic E-state index is -0.442. The fourth-order valence-corrected chi connectivity index (χ4v) is 1.55. The lowest BCUT2D eigenvalue weighted by Gasteiger charge is -2.02. The maximum absolute atomic E-state index is 12.9. The van der Waals surface area contributed by atoms with Gasteiger partial charge >= 0.3 is 0 Å². The van der Waals surface area contributed by atoms with Gasteiger partial charge in [-0.05, 0) is 36.6 Å². The lowest BCUT2D eigenvalue weighted by Crippen LogP contribution is -1.97. The molecule has 1 aromatic carbocycles. The highest BCUT2D eigenvalue weighted by molar-refractivity contribution is 6.30. The van der Waals surface area contributed by atoms with E-state index in [2.05, 4.69) is 5.16 Å². The molecular formula is C12H13ClFNO. The van der Waals surface area contributed by atoms with Crippen LogP contribution < -0.4 is 0 Å². The molecule has 0 amide bonds. The van der Waals surface area contributed by atoms with Gasteiger partial charge in [0.15, 0.2) is 0 Å². The van der Waals surface area contributed by atoms with Crippen molar-refractivity contribution in [3.63, 3.8) is 0 Å². The first-order valence-electron chi connectivity index (χ1n) is 4.93. The van der Waals surface area contributed by atoms with Crippen molar-refractivity contribution in [1.29, 1.82) is 0 Å². The van der Waals surface area contributed by atoms with Gasteiger partial charge in [-0.3, -0.25) is 0 Å². The Kier molecular flexibility index (Phi) is 4.50. The monoisotopic (exact) mass is 241 g/mol. The summed E-state index contributed by atoms with van der Waals surface area (Å²) in [5, 5.41) is 12.0. The molecule has 1 N–H and O–H groups in total. The molecule has 1 aromatic rings. The number of allylic oxidation sites excluding steroid dienone is 1. The Bertz CT molecular complexity index is 441. The fraction of sp³-hybridized carbons (Fsp3) is 0.250. The van der Waals surface area contributed by atoms with Crippen LogP contribution in [0.5, 0.6) is 0 Å². The van der Waals surface area contributed by atoms with Crippen LogP contribution >= 0.6 is 11.6 Å². The summed E-state index contributed by atoms with van der Waals surface area (Å²) < 4.78 is 12.9. The standard InChI is InChI=1S/C12H13ClFNO/c1-3-12(15-16)8(2)6-9-4-5-11(14)10(13)7-9/h4-7,16H,3H2,1-2H3/b8-6+,15-12+. The largest absolute Gasteiger partial charge is 0.411 e. The van der Waals surface area contributed by atoms with Gasteiger partial charge in [0, 0.05) is 0 Å². The van der Waals surface area contributed by atoms with Gasteiger partial charge in [-0.15, -0.1) is 0 Å². The number of benzene rings is 1. The van der Waals surface area contributed by atoms with Crippen molar-refractivity contribution in [1.82, 2.24) is 0 Å². The highest BCUT2D eigenvalue weighted by Gasteiger charge is 2.02. The van der Waals surface area contributed by atoms with Crippen LogP contribution in [0.4, 0.5) is 4.39 Å². The maximum atomic E-state index is 12.9. The summed E-state index contributed by atoms with van der Waals surface area (Å²) in [6, 6.07) is 4.46. The zero-order valence-corrected chi connectivity index (χ0v) is 9.92. The summed E-state index contributed by atoms with van der Waals surface area (Å²) in [5.74, 6) is -0.442. The van der Waals surface area contributed by atoms with E-state index in [0.717, 1.165) is 11.1 Å². The predicted molar refractivity (Wildman–Crippen MR) is 64.6 cm³/mol. The highest BCUT2D eigenvalue weighted by Crippen LogP contribution is 2.18. The number of oxime groups is 1. The molecule has 0 fully saturated rings. The van der Waals surface area contributed by atoms with Crippen LogP contribution in [0.25, 0.3) is 6.08 Å². The zero-order valence-electron chi connectivity index (χ0n) is 9.17. The second kappa shape index (κ2) is 5.66. The molecule has 1 rings (SSSR count). The van der Waals surface area contributed by atoms with Crippen molar-refractivity contribution >= 4 is 23.4 Å². The topological polar surface area (TPSA) is 32.6 Å². The molecule has 0 aliphatic heterocycles. The number of halogens is 2. The van der Waals surface area contributed by atoms with Crippen molar-refractivity contribution in [2.24, 2.45) is 5.16 Å². The SMILES string of the molecule is CCC(=N\O)/C(C)=C/c1ccc(F)c(Cl)c1. The first-order chi connectivity index (χ1) is 7.58. The molecule has 0 atom stereocenters. The third-order valence-corrected chi connectivity index (χ3v) is 2.53. The van der Waals surface area contributed by atoms with Crippen molar-refractivity contribution in [2.75, 3.05) is 0 Å². The molecular weight excluding hydrogens is 229 g/mol. The lowest BCUT2D eigenvalue weighted by molar-refractivity contribution is 0.318. The number of nitrogens with zero attached hydrogens (tertiary/aromatic N) is 1. The lowest BCUT2D eigenvalue weighted by atomic mass is 10.1. The third kappa shape index (κ3) is 3.07. The molecule has 0 bridgehead atoms. The van der Waals surface area contributed by atoms with E-state index >= 15 is 0 Å². The van der Waals surface area contributed by atoms with Gasteiger partial charge in [-0.2, -0.15) is 0 Å². The van der Waals surface area contributed by atoms with Gasteiger partial charge in [0.1, 0.15) is 5.82 Å². The minimum Gasteiger partial charge on any atom is -0.411 e. The minimum absolute atomic E-state index is 0.0838. The molecule has 0 saturated carbocycles. The van der Waals surface area contributed by atoms with Gasteiger partial charge in [0.2, 0.25) is 0 Å². The first kappa shape index (κ1) is 12.7. The summed E-state index contributed by atoms with van der Waals surface area (Å²) in [7, 11) is 0. The van der Waals surface area contributed by atoms with Crippen LogP contribution in [0.1, 0.15) is 25.8 Å². The molecule has 0 saturated heterocycles. The second-order valence-electron chi connectivity index (χ2n) is 3.40. The Morgan fingerprint density at radius 3 is 2.75 bits per heavy atom. The molecule has 0 aromatic heterocycles. The van der Waals surface area contributed by atoms with E-state index in [1.54, 1.807) is 12.1 Å². The van der Waals surface area contributed by atoms with Crippen molar-refractivity contribution in [2.45, 2.75) is 20.3 Å². The Labute approximate surface area is 99.0 Å². The molecule has 0 spiro atoms. The number of rotatable bonds is 3. The molecule has 2 nitrogen and oxygen atoms in total. The van der Waals surface area contributed by atoms with Crippen LogP contribution in [0, 0.1) is 5.82 Å². The van der Waals surface area contributed by atoms with Gasteiger partial charge in [0.05, 0.1) is 10.7 Å². The normalized spacial score (nSPS) is 13.0. The molecule has 0 radical (unpaired) electrons. The van der Waals surface area contributed by atoms with Gasteiger partial charge in [0.25, 0.3) is 0 Å². The van der Waals surface area contributed by atoms with Crippen LogP contribution in [0.15, 0.2) is 28.9 Å². The van der Waals surface area contributed by atoms with E-state index in [1.165, 1.54) is 12.1 Å². The molecule has 0 aliphatic rings. The molecule has 16 heavy (non-hydrogen) atoms. The average molecular weight is 242 g/mol. The Balaban J connectivity index is 3.03. The summed E-state index contributed by atoms with van der Waals surface area (Å²) in [6.45, 7) is 3.72. The molecule has 0 aliphatic carbocycles. The summed E-state index contributed by atoms with van der Waals surface area (Å²) in [6.07, 6.45) is 2.43. The Hall–Kier alpha value is -1.35. The van der Waals surface area contributed by atoms with Crippen molar-refractivity contribution in [3.8, 4) is 0 Å². The van der Waals surface area contributed by atoms with E-state index in [-0.39, 0.29) is 5.02 Å². The van der Waals surface area contributed by atoms with Gasteiger partial charge < -0.3 is 5.21 Å². The van der Waals surface area contributed by atoms with Crippen molar-refractivity contribution < 1.29 is 9.60 Å². The van der Waals surface area contributed by atoms with E-state index < -0.39 is 5.82 Å². The predicted octanol–water partition coefficient (Wildman–Crippen LogP) is 4.12. The highest BCUT2D eigenvalue weighted by atomic mass is 35.5. The van der Waals surface area contributed by atoms with Crippen LogP contribution in [0.2, 0.25) is 5.02 Å². The quantitative estimate of drug-likeness (QED) is 0.482. The zero-order chi connectivity index (χ0) is 12.1. The van der Waals surface area contributed by atoms with E-state index in [1.807, 2.05) is 13.8 Å². The van der Waals surface area contributed by atoms with Crippen LogP contribution in [-0.4, -0.2) is 10.9 Å². The summed E-state index contributed by atoms with van der Waals surface area (Å²) in [4.78, 5) is 0. The number of hydrogen-bond acceptors (Lipinski definition) is 2. The molecule has 0 heterocycles. The van der Waals surface area contributed by atoms with Crippen LogP contribution in [0.3, 0.4) is 0 Å². The van der Waals surface area contributed by atoms with E-state index in [9.17, 15) is 4.39 Å². The first-order valence-corrected chi connectivity index (χ1v) is 5.31.